The molecule has 0 atom stereocenters. The van der Waals surface area contributed by atoms with E-state index in [2.05, 4.69) is 29.8 Å². The molecule has 1 aromatic carbocycles. The molecule has 1 aliphatic rings. The largest absolute Gasteiger partial charge is 0.495 e. The second kappa shape index (κ2) is 10.2. The molecule has 0 radical (unpaired) electrons. The summed E-state index contributed by atoms with van der Waals surface area (Å²) in [6, 6.07) is 4.63. The van der Waals surface area contributed by atoms with Crippen molar-refractivity contribution >= 4 is 17.5 Å². The van der Waals surface area contributed by atoms with E-state index in [4.69, 9.17) is 15.2 Å². The number of amides is 1. The number of nitrogen functional groups attached to an aromatic ring is 1. The summed E-state index contributed by atoms with van der Waals surface area (Å²) in [6.07, 6.45) is 2.85. The number of nitrogens with zero attached hydrogens (tertiary/aromatic N) is 3. The van der Waals surface area contributed by atoms with E-state index in [0.29, 0.717) is 18.3 Å². The van der Waals surface area contributed by atoms with Gasteiger partial charge >= 0.3 is 6.09 Å². The van der Waals surface area contributed by atoms with E-state index in [1.807, 2.05) is 26.8 Å². The normalized spacial score (nSPS) is 15.4. The lowest BCUT2D eigenvalue weighted by Crippen LogP contribution is -2.46. The number of hydrogen-bond acceptors (Lipinski definition) is 6. The first-order valence-electron chi connectivity index (χ1n) is 10.9. The number of hydrogen-bond donors (Lipinski definition) is 1. The molecule has 1 amide bonds. The van der Waals surface area contributed by atoms with Crippen molar-refractivity contribution in [3.8, 4) is 5.75 Å². The van der Waals surface area contributed by atoms with Crippen molar-refractivity contribution < 1.29 is 14.3 Å². The summed E-state index contributed by atoms with van der Waals surface area (Å²) in [5.74, 6) is 0.742. The zero-order valence-electron chi connectivity index (χ0n) is 19.8. The van der Waals surface area contributed by atoms with Gasteiger partial charge in [0.05, 0.1) is 12.8 Å². The average molecular weight is 421 g/mol. The molecule has 2 N–H and O–H groups in total. The molecule has 0 saturated carbocycles. The van der Waals surface area contributed by atoms with Crippen LogP contribution in [0.3, 0.4) is 0 Å². The second-order valence-corrected chi connectivity index (χ2v) is 9.18. The van der Waals surface area contributed by atoms with Gasteiger partial charge in [-0.05, 0) is 58.7 Å². The van der Waals surface area contributed by atoms with Gasteiger partial charge in [0.25, 0.3) is 0 Å². The first kappa shape index (κ1) is 24.1. The quantitative estimate of drug-likeness (QED) is 0.680. The van der Waals surface area contributed by atoms with E-state index in [-0.39, 0.29) is 6.09 Å². The van der Waals surface area contributed by atoms with E-state index in [1.54, 1.807) is 19.1 Å². The van der Waals surface area contributed by atoms with Crippen molar-refractivity contribution in [2.75, 3.05) is 58.0 Å². The molecule has 1 aliphatic heterocycles. The summed E-state index contributed by atoms with van der Waals surface area (Å²) >= 11 is 0. The van der Waals surface area contributed by atoms with Crippen molar-refractivity contribution in [2.24, 2.45) is 0 Å². The standard InChI is InChI=1S/C23H40N4O3/c1-8-17-15-19(24)21(29-7)16-20(17)27-11-9-18(10-12-27)25(5)13-14-26(6)22(28)30-23(2,3)4/h15-16,18H,8-14,24H2,1-7H3. The Morgan fingerprint density at radius 1 is 1.20 bits per heavy atom. The molecule has 0 bridgehead atoms. The zero-order chi connectivity index (χ0) is 22.5. The molecule has 0 spiro atoms. The van der Waals surface area contributed by atoms with Crippen molar-refractivity contribution in [2.45, 2.75) is 58.6 Å². The SMILES string of the molecule is CCc1cc(N)c(OC)cc1N1CCC(N(C)CCN(C)C(=O)OC(C)(C)C)CC1. The molecule has 7 nitrogen and oxygen atoms in total. The van der Waals surface area contributed by atoms with Gasteiger partial charge in [-0.1, -0.05) is 6.92 Å². The highest BCUT2D eigenvalue weighted by atomic mass is 16.6. The lowest BCUT2D eigenvalue weighted by Gasteiger charge is -2.39. The summed E-state index contributed by atoms with van der Waals surface area (Å²) in [5.41, 5.74) is 8.82. The number of piperidine rings is 1. The van der Waals surface area contributed by atoms with Crippen LogP contribution >= 0.6 is 0 Å². The zero-order valence-corrected chi connectivity index (χ0v) is 19.8. The predicted molar refractivity (Wildman–Crippen MR) is 124 cm³/mol. The number of nitrogens with two attached hydrogens (primary N) is 1. The lowest BCUT2D eigenvalue weighted by molar-refractivity contribution is 0.0278. The van der Waals surface area contributed by atoms with Gasteiger partial charge in [-0.25, -0.2) is 4.79 Å². The molecule has 1 fully saturated rings. The molecule has 30 heavy (non-hydrogen) atoms. The van der Waals surface area contributed by atoms with Crippen LogP contribution in [-0.2, 0) is 11.2 Å². The summed E-state index contributed by atoms with van der Waals surface area (Å²) in [4.78, 5) is 18.6. The van der Waals surface area contributed by atoms with Gasteiger partial charge in [-0.2, -0.15) is 0 Å². The molecule has 2 rings (SSSR count). The Balaban J connectivity index is 1.89. The Morgan fingerprint density at radius 3 is 2.37 bits per heavy atom. The fourth-order valence-corrected chi connectivity index (χ4v) is 3.86. The third kappa shape index (κ3) is 6.42. The maximum Gasteiger partial charge on any atom is 0.410 e. The van der Waals surface area contributed by atoms with Crippen LogP contribution in [0, 0.1) is 0 Å². The summed E-state index contributed by atoms with van der Waals surface area (Å²) in [6.45, 7) is 11.3. The highest BCUT2D eigenvalue weighted by Crippen LogP contribution is 2.34. The number of benzene rings is 1. The first-order chi connectivity index (χ1) is 14.1. The molecule has 0 aromatic heterocycles. The molecule has 170 valence electrons. The molecular weight excluding hydrogens is 380 g/mol. The summed E-state index contributed by atoms with van der Waals surface area (Å²) in [5, 5.41) is 0. The monoisotopic (exact) mass is 420 g/mol. The minimum atomic E-state index is -0.466. The summed E-state index contributed by atoms with van der Waals surface area (Å²) in [7, 11) is 5.61. The average Bonchev–Trinajstić information content (AvgIpc) is 2.70. The number of carbonyl (C=O) groups excluding carboxylic acids is 1. The van der Waals surface area contributed by atoms with Gasteiger partial charge in [-0.15, -0.1) is 0 Å². The minimum Gasteiger partial charge on any atom is -0.495 e. The van der Waals surface area contributed by atoms with Crippen LogP contribution < -0.4 is 15.4 Å². The molecule has 0 aliphatic carbocycles. The fraction of sp³-hybridized carbons (Fsp3) is 0.696. The summed E-state index contributed by atoms with van der Waals surface area (Å²) < 4.78 is 10.9. The van der Waals surface area contributed by atoms with E-state index < -0.39 is 5.60 Å². The van der Waals surface area contributed by atoms with Crippen LogP contribution in [-0.4, -0.2) is 74.9 Å². The molecule has 0 unspecified atom stereocenters. The van der Waals surface area contributed by atoms with E-state index in [9.17, 15) is 4.79 Å². The Morgan fingerprint density at radius 2 is 1.83 bits per heavy atom. The van der Waals surface area contributed by atoms with Crippen LogP contribution in [0.2, 0.25) is 0 Å². The molecule has 1 heterocycles. The number of aryl methyl sites for hydroxylation is 1. The smallest absolute Gasteiger partial charge is 0.410 e. The van der Waals surface area contributed by atoms with Crippen molar-refractivity contribution in [3.05, 3.63) is 17.7 Å². The minimum absolute atomic E-state index is 0.268. The Labute approximate surface area is 182 Å². The van der Waals surface area contributed by atoms with Gasteiger partial charge in [-0.3, -0.25) is 0 Å². The molecular formula is C23H40N4O3. The van der Waals surface area contributed by atoms with E-state index >= 15 is 0 Å². The van der Waals surface area contributed by atoms with E-state index in [1.165, 1.54) is 11.3 Å². The lowest BCUT2D eigenvalue weighted by atomic mass is 10.0. The maximum absolute atomic E-state index is 12.1. The third-order valence-electron chi connectivity index (χ3n) is 5.73. The van der Waals surface area contributed by atoms with Crippen molar-refractivity contribution in [3.63, 3.8) is 0 Å². The third-order valence-corrected chi connectivity index (χ3v) is 5.73. The molecule has 7 heteroatoms. The van der Waals surface area contributed by atoms with Crippen LogP contribution in [0.15, 0.2) is 12.1 Å². The van der Waals surface area contributed by atoms with E-state index in [0.717, 1.165) is 44.6 Å². The van der Waals surface area contributed by atoms with Crippen LogP contribution in [0.25, 0.3) is 0 Å². The molecule has 1 saturated heterocycles. The highest BCUT2D eigenvalue weighted by Gasteiger charge is 2.25. The Hall–Kier alpha value is -2.15. The van der Waals surface area contributed by atoms with Gasteiger partial charge in [0.1, 0.15) is 11.4 Å². The fourth-order valence-electron chi connectivity index (χ4n) is 3.86. The Bertz CT molecular complexity index is 709. The van der Waals surface area contributed by atoms with Crippen LogP contribution in [0.4, 0.5) is 16.2 Å². The predicted octanol–water partition coefficient (Wildman–Crippen LogP) is 3.61. The molecule has 1 aromatic rings. The number of carbonyl (C=O) groups is 1. The number of rotatable bonds is 7. The van der Waals surface area contributed by atoms with Gasteiger partial charge in [0, 0.05) is 51.0 Å². The van der Waals surface area contributed by atoms with Crippen molar-refractivity contribution in [1.29, 1.82) is 0 Å². The number of anilines is 2. The highest BCUT2D eigenvalue weighted by molar-refractivity contribution is 5.68. The second-order valence-electron chi connectivity index (χ2n) is 9.18. The first-order valence-corrected chi connectivity index (χ1v) is 10.9. The maximum atomic E-state index is 12.1. The van der Waals surface area contributed by atoms with Gasteiger partial charge < -0.3 is 29.9 Å². The topological polar surface area (TPSA) is 71.3 Å². The van der Waals surface area contributed by atoms with Crippen LogP contribution in [0.1, 0.15) is 46.1 Å². The Kier molecular flexibility index (Phi) is 8.24. The number of ether oxygens (including phenoxy) is 2. The number of likely N-dealkylation sites (N-methyl/N-ethyl adjacent to an activating group) is 2. The van der Waals surface area contributed by atoms with Crippen molar-refractivity contribution in [1.82, 2.24) is 9.80 Å². The number of methoxy groups -OCH3 is 1. The van der Waals surface area contributed by atoms with Gasteiger partial charge in [0.15, 0.2) is 0 Å². The van der Waals surface area contributed by atoms with Crippen LogP contribution in [0.5, 0.6) is 5.75 Å². The van der Waals surface area contributed by atoms with Gasteiger partial charge in [0.2, 0.25) is 0 Å².